The van der Waals surface area contributed by atoms with Crippen molar-refractivity contribution in [3.63, 3.8) is 0 Å². The molecule has 0 bridgehead atoms. The topological polar surface area (TPSA) is 98.1 Å². The summed E-state index contributed by atoms with van der Waals surface area (Å²) in [6.45, 7) is 14.6. The van der Waals surface area contributed by atoms with Crippen molar-refractivity contribution in [3.8, 4) is 11.4 Å². The van der Waals surface area contributed by atoms with Gasteiger partial charge < -0.3 is 15.4 Å². The van der Waals surface area contributed by atoms with Crippen LogP contribution in [0.25, 0.3) is 11.4 Å². The summed E-state index contributed by atoms with van der Waals surface area (Å²) < 4.78 is 7.01. The van der Waals surface area contributed by atoms with Gasteiger partial charge in [0.15, 0.2) is 0 Å². The number of pyridine rings is 1. The van der Waals surface area contributed by atoms with Gasteiger partial charge in [-0.1, -0.05) is 25.1 Å². The number of aromatic nitrogens is 3. The molecule has 166 valence electrons. The van der Waals surface area contributed by atoms with E-state index >= 15 is 0 Å². The second kappa shape index (κ2) is 10.1. The van der Waals surface area contributed by atoms with Crippen molar-refractivity contribution < 1.29 is 14.3 Å². The Morgan fingerprint density at radius 3 is 2.61 bits per heavy atom. The Balaban J connectivity index is 2.34. The highest BCUT2D eigenvalue weighted by Crippen LogP contribution is 2.28. The summed E-state index contributed by atoms with van der Waals surface area (Å²) >= 11 is 0. The van der Waals surface area contributed by atoms with Gasteiger partial charge in [-0.05, 0) is 39.3 Å². The van der Waals surface area contributed by atoms with E-state index in [1.54, 1.807) is 57.8 Å². The quantitative estimate of drug-likeness (QED) is 0.612. The number of aryl methyl sites for hydroxylation is 1. The van der Waals surface area contributed by atoms with E-state index < -0.39 is 17.7 Å². The number of carbonyl (C=O) groups is 2. The monoisotopic (exact) mass is 425 g/mol. The van der Waals surface area contributed by atoms with E-state index in [1.165, 1.54) is 0 Å². The minimum Gasteiger partial charge on any atom is -0.444 e. The van der Waals surface area contributed by atoms with Gasteiger partial charge >= 0.3 is 6.09 Å². The third kappa shape index (κ3) is 6.53. The average molecular weight is 426 g/mol. The van der Waals surface area contributed by atoms with E-state index in [2.05, 4.69) is 28.9 Å². The van der Waals surface area contributed by atoms with Gasteiger partial charge in [-0.2, -0.15) is 5.10 Å². The van der Waals surface area contributed by atoms with Crippen LogP contribution in [0.1, 0.15) is 45.9 Å². The number of anilines is 1. The number of ether oxygens (including phenoxy) is 1. The minimum atomic E-state index is -0.609. The predicted octanol–water partition coefficient (Wildman–Crippen LogP) is 4.38. The highest BCUT2D eigenvalue weighted by Gasteiger charge is 2.22. The second-order valence-electron chi connectivity index (χ2n) is 8.21. The van der Waals surface area contributed by atoms with Crippen LogP contribution in [0.5, 0.6) is 0 Å². The van der Waals surface area contributed by atoms with Crippen LogP contribution in [0, 0.1) is 5.92 Å². The van der Waals surface area contributed by atoms with Crippen molar-refractivity contribution in [3.05, 3.63) is 55.4 Å². The third-order valence-electron chi connectivity index (χ3n) is 4.43. The van der Waals surface area contributed by atoms with Crippen molar-refractivity contribution in [2.24, 2.45) is 13.0 Å². The zero-order valence-electron chi connectivity index (χ0n) is 18.8. The van der Waals surface area contributed by atoms with E-state index in [0.29, 0.717) is 29.2 Å². The van der Waals surface area contributed by atoms with Crippen LogP contribution >= 0.6 is 0 Å². The first-order valence-electron chi connectivity index (χ1n) is 10.1. The van der Waals surface area contributed by atoms with Crippen LogP contribution in [0.4, 0.5) is 10.5 Å². The molecule has 2 unspecified atom stereocenters. The Kier molecular flexibility index (Phi) is 7.74. The number of alkyl carbamates (subject to hydrolysis) is 1. The first-order chi connectivity index (χ1) is 14.6. The van der Waals surface area contributed by atoms with Crippen LogP contribution in [0.2, 0.25) is 0 Å². The normalized spacial score (nSPS) is 13.1. The molecule has 8 nitrogen and oxygen atoms in total. The lowest BCUT2D eigenvalue weighted by Crippen LogP contribution is -2.35. The molecular formula is C23H31N5O3. The lowest BCUT2D eigenvalue weighted by Gasteiger charge is -2.23. The van der Waals surface area contributed by atoms with Gasteiger partial charge in [0.05, 0.1) is 35.2 Å². The van der Waals surface area contributed by atoms with Crippen LogP contribution in [-0.2, 0) is 16.6 Å². The molecule has 2 aromatic rings. The molecule has 0 aliphatic heterocycles. The van der Waals surface area contributed by atoms with E-state index in [0.717, 1.165) is 0 Å². The van der Waals surface area contributed by atoms with Crippen molar-refractivity contribution in [1.82, 2.24) is 20.1 Å². The fraction of sp³-hybridized carbons (Fsp3) is 0.391. The number of nitrogens with one attached hydrogen (secondary N) is 2. The average Bonchev–Trinajstić information content (AvgIpc) is 3.05. The molecule has 2 amide bonds. The van der Waals surface area contributed by atoms with Crippen LogP contribution in [0.15, 0.2) is 49.7 Å². The molecule has 0 aromatic carbocycles. The maximum atomic E-state index is 12.3. The predicted molar refractivity (Wildman–Crippen MR) is 121 cm³/mol. The molecule has 8 heteroatoms. The molecule has 31 heavy (non-hydrogen) atoms. The molecule has 0 aliphatic rings. The van der Waals surface area contributed by atoms with Crippen LogP contribution < -0.4 is 10.6 Å². The maximum Gasteiger partial charge on any atom is 0.408 e. The summed E-state index contributed by atoms with van der Waals surface area (Å²) in [7, 11) is 1.77. The van der Waals surface area contributed by atoms with Gasteiger partial charge in [-0.3, -0.25) is 9.48 Å². The molecule has 0 saturated carbocycles. The molecular weight excluding hydrogens is 394 g/mol. The number of rotatable bonds is 8. The number of hydrogen-bond acceptors (Lipinski definition) is 5. The fourth-order valence-corrected chi connectivity index (χ4v) is 2.83. The maximum absolute atomic E-state index is 12.3. The lowest BCUT2D eigenvalue weighted by molar-refractivity contribution is -0.118. The second-order valence-corrected chi connectivity index (χ2v) is 8.21. The molecule has 2 heterocycles. The van der Waals surface area contributed by atoms with Crippen LogP contribution in [0.3, 0.4) is 0 Å². The molecule has 2 rings (SSSR count). The third-order valence-corrected chi connectivity index (χ3v) is 4.43. The van der Waals surface area contributed by atoms with Crippen molar-refractivity contribution in [2.45, 2.75) is 45.8 Å². The summed E-state index contributed by atoms with van der Waals surface area (Å²) in [6, 6.07) is 5.07. The van der Waals surface area contributed by atoms with Gasteiger partial charge in [-0.25, -0.2) is 9.78 Å². The highest BCUT2D eigenvalue weighted by molar-refractivity contribution is 5.96. The van der Waals surface area contributed by atoms with Gasteiger partial charge in [0.1, 0.15) is 11.3 Å². The lowest BCUT2D eigenvalue weighted by atomic mass is 10.1. The SMILES string of the molecule is C=CCC(NC(=O)OC(C)(C)C)c1cccc(-c2c(NC(=O)C(C)C=C)cnn2C)n1. The smallest absolute Gasteiger partial charge is 0.408 e. The van der Waals surface area contributed by atoms with Gasteiger partial charge in [0, 0.05) is 7.05 Å². The highest BCUT2D eigenvalue weighted by atomic mass is 16.6. The number of hydrogen-bond donors (Lipinski definition) is 2. The summed E-state index contributed by atoms with van der Waals surface area (Å²) in [6.07, 6.45) is 4.81. The van der Waals surface area contributed by atoms with E-state index in [1.807, 2.05) is 18.2 Å². The van der Waals surface area contributed by atoms with Gasteiger partial charge in [-0.15, -0.1) is 13.2 Å². The summed E-state index contributed by atoms with van der Waals surface area (Å²) in [5, 5.41) is 9.98. The Hall–Kier alpha value is -3.42. The van der Waals surface area contributed by atoms with Crippen LogP contribution in [-0.4, -0.2) is 32.4 Å². The Morgan fingerprint density at radius 2 is 2.00 bits per heavy atom. The Labute approximate surface area is 183 Å². The summed E-state index contributed by atoms with van der Waals surface area (Å²) in [5.41, 5.74) is 1.84. The summed E-state index contributed by atoms with van der Waals surface area (Å²) in [4.78, 5) is 29.3. The minimum absolute atomic E-state index is 0.184. The number of carbonyl (C=O) groups excluding carboxylic acids is 2. The van der Waals surface area contributed by atoms with Crippen molar-refractivity contribution >= 4 is 17.7 Å². The van der Waals surface area contributed by atoms with Crippen molar-refractivity contribution in [1.29, 1.82) is 0 Å². The molecule has 0 radical (unpaired) electrons. The molecule has 2 atom stereocenters. The standard InChI is InChI=1S/C23H31N5O3/c1-8-11-16(27-22(30)31-23(4,5)6)17-12-10-13-18(25-17)20-19(14-24-28(20)7)26-21(29)15(3)9-2/h8-10,12-16H,1-2,11H2,3-7H3,(H,26,29)(H,27,30). The fourth-order valence-electron chi connectivity index (χ4n) is 2.83. The number of amides is 2. The Morgan fingerprint density at radius 1 is 1.29 bits per heavy atom. The molecule has 0 spiro atoms. The Bertz CT molecular complexity index is 958. The molecule has 2 N–H and O–H groups in total. The molecule has 0 aliphatic carbocycles. The largest absolute Gasteiger partial charge is 0.444 e. The van der Waals surface area contributed by atoms with E-state index in [-0.39, 0.29) is 11.8 Å². The zero-order chi connectivity index (χ0) is 23.2. The number of nitrogens with zero attached hydrogens (tertiary/aromatic N) is 3. The molecule has 2 aromatic heterocycles. The molecule has 0 saturated heterocycles. The van der Waals surface area contributed by atoms with Gasteiger partial charge in [0.2, 0.25) is 5.91 Å². The zero-order valence-corrected chi connectivity index (χ0v) is 18.8. The van der Waals surface area contributed by atoms with E-state index in [4.69, 9.17) is 9.72 Å². The summed E-state index contributed by atoms with van der Waals surface area (Å²) in [5.74, 6) is -0.529. The first-order valence-corrected chi connectivity index (χ1v) is 10.1. The van der Waals surface area contributed by atoms with Crippen molar-refractivity contribution in [2.75, 3.05) is 5.32 Å². The van der Waals surface area contributed by atoms with Gasteiger partial charge in [0.25, 0.3) is 0 Å². The molecule has 0 fully saturated rings. The first kappa shape index (κ1) is 23.9. The van der Waals surface area contributed by atoms with E-state index in [9.17, 15) is 9.59 Å².